The highest BCUT2D eigenvalue weighted by molar-refractivity contribution is 5.79. The average Bonchev–Trinajstić information content (AvgIpc) is 3.21. The Balaban J connectivity index is 1.43. The van der Waals surface area contributed by atoms with E-state index in [1.165, 1.54) is 22.3 Å². The molecule has 1 aliphatic heterocycles. The quantitative estimate of drug-likeness (QED) is 0.907. The van der Waals surface area contributed by atoms with E-state index < -0.39 is 0 Å². The predicted molar refractivity (Wildman–Crippen MR) is 98.7 cm³/mol. The van der Waals surface area contributed by atoms with Crippen LogP contribution in [0.5, 0.6) is 0 Å². The van der Waals surface area contributed by atoms with Crippen LogP contribution in [0.15, 0.2) is 48.5 Å². The summed E-state index contributed by atoms with van der Waals surface area (Å²) in [5, 5.41) is 6.55. The Hall–Kier alpha value is -2.13. The van der Waals surface area contributed by atoms with Crippen molar-refractivity contribution in [3.05, 3.63) is 70.8 Å². The molecule has 128 valence electrons. The fourth-order valence-corrected chi connectivity index (χ4v) is 5.21. The molecule has 6 rings (SSSR count). The molecule has 1 amide bonds. The summed E-state index contributed by atoms with van der Waals surface area (Å²) in [7, 11) is 0. The van der Waals surface area contributed by atoms with Gasteiger partial charge >= 0.3 is 0 Å². The second-order valence-electron chi connectivity index (χ2n) is 7.72. The lowest BCUT2D eigenvalue weighted by Crippen LogP contribution is -2.41. The van der Waals surface area contributed by atoms with Crippen LogP contribution in [0.2, 0.25) is 0 Å². The van der Waals surface area contributed by atoms with Gasteiger partial charge in [-0.05, 0) is 47.6 Å². The molecular formula is C22H24N2O. The minimum absolute atomic E-state index is 0.153. The topological polar surface area (TPSA) is 41.1 Å². The van der Waals surface area contributed by atoms with Gasteiger partial charge in [0.2, 0.25) is 5.91 Å². The minimum Gasteiger partial charge on any atom is -0.356 e. The lowest BCUT2D eigenvalue weighted by atomic mass is 9.59. The molecule has 2 bridgehead atoms. The number of carbonyl (C=O) groups excluding carboxylic acids is 1. The highest BCUT2D eigenvalue weighted by Gasteiger charge is 2.43. The molecule has 3 nitrogen and oxygen atoms in total. The Morgan fingerprint density at radius 1 is 1.00 bits per heavy atom. The molecule has 2 unspecified atom stereocenters. The van der Waals surface area contributed by atoms with E-state index in [2.05, 4.69) is 59.2 Å². The van der Waals surface area contributed by atoms with Crippen LogP contribution in [0.1, 0.15) is 46.9 Å². The summed E-state index contributed by atoms with van der Waals surface area (Å²) in [6, 6.07) is 17.8. The molecule has 3 heteroatoms. The zero-order chi connectivity index (χ0) is 16.8. The Morgan fingerprint density at radius 3 is 2.24 bits per heavy atom. The van der Waals surface area contributed by atoms with E-state index in [1.807, 2.05) is 0 Å². The summed E-state index contributed by atoms with van der Waals surface area (Å²) in [6.45, 7) is 2.58. The molecule has 1 fully saturated rings. The molecule has 0 spiro atoms. The first kappa shape index (κ1) is 15.2. The van der Waals surface area contributed by atoms with E-state index in [4.69, 9.17) is 0 Å². The maximum atomic E-state index is 12.4. The SMILES string of the molecule is O=C(NCC1CC2c3ccccc3C1c1ccccc12)C1CCNC1. The van der Waals surface area contributed by atoms with Crippen LogP contribution in [-0.2, 0) is 4.79 Å². The normalized spacial score (nSPS) is 29.1. The number of carbonyl (C=O) groups is 1. The Bertz CT molecular complexity index is 762. The summed E-state index contributed by atoms with van der Waals surface area (Å²) in [5.74, 6) is 1.77. The van der Waals surface area contributed by atoms with Crippen LogP contribution in [-0.4, -0.2) is 25.5 Å². The van der Waals surface area contributed by atoms with Crippen LogP contribution >= 0.6 is 0 Å². The third kappa shape index (κ3) is 2.41. The summed E-state index contributed by atoms with van der Waals surface area (Å²) in [5.41, 5.74) is 5.93. The number of hydrogen-bond acceptors (Lipinski definition) is 2. The first-order valence-corrected chi connectivity index (χ1v) is 9.49. The van der Waals surface area contributed by atoms with Gasteiger partial charge in [-0.3, -0.25) is 4.79 Å². The first-order chi connectivity index (χ1) is 12.3. The van der Waals surface area contributed by atoms with E-state index >= 15 is 0 Å². The van der Waals surface area contributed by atoms with Gasteiger partial charge in [0.05, 0.1) is 5.92 Å². The van der Waals surface area contributed by atoms with Gasteiger partial charge in [-0.25, -0.2) is 0 Å². The van der Waals surface area contributed by atoms with Crippen molar-refractivity contribution in [1.82, 2.24) is 10.6 Å². The summed E-state index contributed by atoms with van der Waals surface area (Å²) in [6.07, 6.45) is 2.11. The molecule has 0 saturated carbocycles. The molecule has 1 saturated heterocycles. The average molecular weight is 332 g/mol. The summed E-state index contributed by atoms with van der Waals surface area (Å²) in [4.78, 5) is 12.4. The molecule has 2 N–H and O–H groups in total. The van der Waals surface area contributed by atoms with Crippen molar-refractivity contribution in [3.63, 3.8) is 0 Å². The number of rotatable bonds is 3. The molecule has 0 radical (unpaired) electrons. The highest BCUT2D eigenvalue weighted by atomic mass is 16.1. The van der Waals surface area contributed by atoms with Gasteiger partial charge in [0.1, 0.15) is 0 Å². The van der Waals surface area contributed by atoms with E-state index in [9.17, 15) is 4.79 Å². The van der Waals surface area contributed by atoms with Crippen LogP contribution in [0.3, 0.4) is 0 Å². The second-order valence-corrected chi connectivity index (χ2v) is 7.72. The van der Waals surface area contributed by atoms with E-state index in [-0.39, 0.29) is 11.8 Å². The number of amides is 1. The van der Waals surface area contributed by atoms with Crippen molar-refractivity contribution >= 4 is 5.91 Å². The van der Waals surface area contributed by atoms with Crippen LogP contribution in [0.4, 0.5) is 0 Å². The monoisotopic (exact) mass is 332 g/mol. The zero-order valence-corrected chi connectivity index (χ0v) is 14.4. The maximum absolute atomic E-state index is 12.4. The van der Waals surface area contributed by atoms with Gasteiger partial charge in [-0.1, -0.05) is 48.5 Å². The fraction of sp³-hybridized carbons (Fsp3) is 0.409. The van der Waals surface area contributed by atoms with Crippen molar-refractivity contribution in [3.8, 4) is 0 Å². The van der Waals surface area contributed by atoms with Gasteiger partial charge in [-0.2, -0.15) is 0 Å². The largest absolute Gasteiger partial charge is 0.356 e. The Kier molecular flexibility index (Phi) is 3.63. The number of nitrogens with one attached hydrogen (secondary N) is 2. The molecule has 1 heterocycles. The van der Waals surface area contributed by atoms with Gasteiger partial charge in [0, 0.05) is 24.9 Å². The number of fused-ring (bicyclic) bond motifs is 1. The smallest absolute Gasteiger partial charge is 0.224 e. The molecule has 4 aliphatic rings. The first-order valence-electron chi connectivity index (χ1n) is 9.49. The van der Waals surface area contributed by atoms with Gasteiger partial charge < -0.3 is 10.6 Å². The van der Waals surface area contributed by atoms with E-state index in [0.717, 1.165) is 32.5 Å². The van der Waals surface area contributed by atoms with Gasteiger partial charge in [-0.15, -0.1) is 0 Å². The molecular weight excluding hydrogens is 308 g/mol. The van der Waals surface area contributed by atoms with Gasteiger partial charge in [0.15, 0.2) is 0 Å². The summed E-state index contributed by atoms with van der Waals surface area (Å²) < 4.78 is 0. The molecule has 25 heavy (non-hydrogen) atoms. The van der Waals surface area contributed by atoms with Crippen LogP contribution in [0, 0.1) is 11.8 Å². The highest BCUT2D eigenvalue weighted by Crippen LogP contribution is 2.55. The lowest BCUT2D eigenvalue weighted by molar-refractivity contribution is -0.124. The third-order valence-electron chi connectivity index (χ3n) is 6.39. The van der Waals surface area contributed by atoms with Crippen LogP contribution < -0.4 is 10.6 Å². The van der Waals surface area contributed by atoms with E-state index in [0.29, 0.717) is 17.8 Å². The molecule has 2 aromatic rings. The number of benzene rings is 2. The summed E-state index contributed by atoms with van der Waals surface area (Å²) >= 11 is 0. The van der Waals surface area contributed by atoms with Crippen molar-refractivity contribution in [1.29, 1.82) is 0 Å². The van der Waals surface area contributed by atoms with Gasteiger partial charge in [0.25, 0.3) is 0 Å². The van der Waals surface area contributed by atoms with Crippen molar-refractivity contribution in [2.45, 2.75) is 24.7 Å². The predicted octanol–water partition coefficient (Wildman–Crippen LogP) is 3.01. The maximum Gasteiger partial charge on any atom is 0.224 e. The Morgan fingerprint density at radius 2 is 1.64 bits per heavy atom. The van der Waals surface area contributed by atoms with Crippen LogP contribution in [0.25, 0.3) is 0 Å². The number of hydrogen-bond donors (Lipinski definition) is 2. The van der Waals surface area contributed by atoms with E-state index in [1.54, 1.807) is 0 Å². The van der Waals surface area contributed by atoms with Crippen molar-refractivity contribution < 1.29 is 4.79 Å². The third-order valence-corrected chi connectivity index (χ3v) is 6.39. The molecule has 2 atom stereocenters. The van der Waals surface area contributed by atoms with Crippen molar-refractivity contribution in [2.75, 3.05) is 19.6 Å². The standard InChI is InChI=1S/C22H24N2O/c25-22(14-9-10-23-12-14)24-13-15-11-20-16-5-1-3-7-18(16)21(15)19-8-4-2-6-17(19)20/h1-8,14-15,20-21,23H,9-13H2,(H,24,25). The molecule has 0 aromatic heterocycles. The van der Waals surface area contributed by atoms with Crippen molar-refractivity contribution in [2.24, 2.45) is 11.8 Å². The Labute approximate surface area is 148 Å². The molecule has 3 aliphatic carbocycles. The lowest BCUT2D eigenvalue weighted by Gasteiger charge is -2.45. The minimum atomic E-state index is 0.153. The zero-order valence-electron chi connectivity index (χ0n) is 14.4. The molecule has 2 aromatic carbocycles. The second kappa shape index (κ2) is 5.99. The fourth-order valence-electron chi connectivity index (χ4n) is 5.21.